The van der Waals surface area contributed by atoms with E-state index in [2.05, 4.69) is 5.43 Å². The third-order valence-electron chi connectivity index (χ3n) is 6.36. The topological polar surface area (TPSA) is 58.2 Å². The van der Waals surface area contributed by atoms with Gasteiger partial charge in [0.05, 0.1) is 5.56 Å². The summed E-state index contributed by atoms with van der Waals surface area (Å²) >= 11 is 0. The Morgan fingerprint density at radius 3 is 2.00 bits per heavy atom. The molecule has 8 heteroatoms. The van der Waals surface area contributed by atoms with Crippen LogP contribution in [0.4, 0.5) is 17.6 Å². The summed E-state index contributed by atoms with van der Waals surface area (Å²) < 4.78 is 53.1. The standard InChI is InChI=1S/C19H20F4N2O2/c20-13-4-12(15(21)17(23)16(13)22)18(27)25-24-14(26)8-19-5-9-1-10(6-19)3-11(2-9)7-19/h4,9-11H,1-3,5-8H2,(H,24,26)(H,25,27). The van der Waals surface area contributed by atoms with E-state index in [9.17, 15) is 27.2 Å². The van der Waals surface area contributed by atoms with Crippen LogP contribution < -0.4 is 10.9 Å². The van der Waals surface area contributed by atoms with Crippen molar-refractivity contribution in [2.75, 3.05) is 0 Å². The lowest BCUT2D eigenvalue weighted by atomic mass is 9.49. The van der Waals surface area contributed by atoms with Crippen molar-refractivity contribution >= 4 is 11.8 Å². The van der Waals surface area contributed by atoms with E-state index in [1.807, 2.05) is 5.43 Å². The van der Waals surface area contributed by atoms with Crippen molar-refractivity contribution < 1.29 is 27.2 Å². The van der Waals surface area contributed by atoms with Gasteiger partial charge in [-0.25, -0.2) is 17.6 Å². The highest BCUT2D eigenvalue weighted by Crippen LogP contribution is 2.61. The number of hydrogen-bond acceptors (Lipinski definition) is 2. The monoisotopic (exact) mass is 384 g/mol. The Kier molecular flexibility index (Phi) is 4.39. The molecule has 4 aliphatic carbocycles. The van der Waals surface area contributed by atoms with E-state index < -0.39 is 40.6 Å². The lowest BCUT2D eigenvalue weighted by Crippen LogP contribution is -2.50. The van der Waals surface area contributed by atoms with Crippen molar-refractivity contribution in [3.63, 3.8) is 0 Å². The average molecular weight is 384 g/mol. The number of carbonyl (C=O) groups excluding carboxylic acids is 2. The molecular formula is C19H20F4N2O2. The van der Waals surface area contributed by atoms with E-state index in [4.69, 9.17) is 0 Å². The van der Waals surface area contributed by atoms with Gasteiger partial charge in [0.2, 0.25) is 5.91 Å². The maximum atomic E-state index is 13.6. The summed E-state index contributed by atoms with van der Waals surface area (Å²) in [6.07, 6.45) is 6.97. The van der Waals surface area contributed by atoms with Crippen LogP contribution in [0.15, 0.2) is 6.07 Å². The molecule has 2 amide bonds. The quantitative estimate of drug-likeness (QED) is 0.362. The van der Waals surface area contributed by atoms with Gasteiger partial charge in [-0.15, -0.1) is 0 Å². The second kappa shape index (κ2) is 6.49. The molecule has 2 N–H and O–H groups in total. The van der Waals surface area contributed by atoms with Crippen LogP contribution >= 0.6 is 0 Å². The highest BCUT2D eigenvalue weighted by Gasteiger charge is 2.51. The van der Waals surface area contributed by atoms with Crippen molar-refractivity contribution in [1.29, 1.82) is 0 Å². The summed E-state index contributed by atoms with van der Waals surface area (Å²) in [6, 6.07) is 0.258. The molecule has 0 unspecified atom stereocenters. The highest BCUT2D eigenvalue weighted by atomic mass is 19.2. The molecule has 27 heavy (non-hydrogen) atoms. The van der Waals surface area contributed by atoms with E-state index in [-0.39, 0.29) is 17.9 Å². The van der Waals surface area contributed by atoms with Gasteiger partial charge < -0.3 is 0 Å². The first-order valence-corrected chi connectivity index (χ1v) is 9.18. The van der Waals surface area contributed by atoms with E-state index in [0.29, 0.717) is 17.8 Å². The van der Waals surface area contributed by atoms with Crippen molar-refractivity contribution in [1.82, 2.24) is 10.9 Å². The zero-order valence-electron chi connectivity index (χ0n) is 14.6. The van der Waals surface area contributed by atoms with Crippen LogP contribution in [-0.4, -0.2) is 11.8 Å². The third-order valence-corrected chi connectivity index (χ3v) is 6.36. The number of hydrogen-bond donors (Lipinski definition) is 2. The van der Waals surface area contributed by atoms with Gasteiger partial charge in [-0.05, 0) is 67.8 Å². The first-order valence-electron chi connectivity index (χ1n) is 9.18. The predicted molar refractivity (Wildman–Crippen MR) is 87.1 cm³/mol. The smallest absolute Gasteiger partial charge is 0.272 e. The summed E-state index contributed by atoms with van der Waals surface area (Å²) in [5.41, 5.74) is 3.09. The van der Waals surface area contributed by atoms with Crippen LogP contribution in [-0.2, 0) is 4.79 Å². The fraction of sp³-hybridized carbons (Fsp3) is 0.579. The molecule has 0 heterocycles. The molecule has 0 atom stereocenters. The number of halogens is 4. The molecule has 4 aliphatic rings. The predicted octanol–water partition coefficient (Wildman–Crippen LogP) is 3.61. The van der Waals surface area contributed by atoms with Crippen molar-refractivity contribution in [3.05, 3.63) is 34.9 Å². The van der Waals surface area contributed by atoms with Crippen LogP contribution in [0.1, 0.15) is 55.3 Å². The minimum Gasteiger partial charge on any atom is -0.273 e. The molecule has 4 saturated carbocycles. The number of nitrogens with one attached hydrogen (secondary N) is 2. The van der Waals surface area contributed by atoms with E-state index in [1.54, 1.807) is 0 Å². The van der Waals surface area contributed by atoms with Crippen molar-refractivity contribution in [2.24, 2.45) is 23.2 Å². The Bertz CT molecular complexity index is 776. The number of amides is 2. The summed E-state index contributed by atoms with van der Waals surface area (Å²) in [5.74, 6) is -7.22. The Balaban J connectivity index is 1.38. The van der Waals surface area contributed by atoms with Gasteiger partial charge >= 0.3 is 0 Å². The number of carbonyl (C=O) groups is 2. The molecule has 4 fully saturated rings. The summed E-state index contributed by atoms with van der Waals surface area (Å²) in [4.78, 5) is 24.2. The van der Waals surface area contributed by atoms with Crippen molar-refractivity contribution in [3.8, 4) is 0 Å². The molecule has 4 nitrogen and oxygen atoms in total. The lowest BCUT2D eigenvalue weighted by Gasteiger charge is -2.56. The highest BCUT2D eigenvalue weighted by molar-refractivity contribution is 5.95. The summed E-state index contributed by atoms with van der Waals surface area (Å²) in [5, 5.41) is 0. The lowest BCUT2D eigenvalue weighted by molar-refractivity contribution is -0.130. The Hall–Kier alpha value is -2.12. The largest absolute Gasteiger partial charge is 0.273 e. The first-order chi connectivity index (χ1) is 12.8. The van der Waals surface area contributed by atoms with E-state index in [0.717, 1.165) is 19.3 Å². The van der Waals surface area contributed by atoms with Gasteiger partial charge in [-0.2, -0.15) is 0 Å². The van der Waals surface area contributed by atoms with E-state index >= 15 is 0 Å². The first kappa shape index (κ1) is 18.3. The molecular weight excluding hydrogens is 364 g/mol. The minimum atomic E-state index is -2.07. The van der Waals surface area contributed by atoms with Gasteiger partial charge in [0.25, 0.3) is 5.91 Å². The molecule has 1 aromatic rings. The third kappa shape index (κ3) is 3.30. The molecule has 1 aromatic carbocycles. The molecule has 0 saturated heterocycles. The molecule has 0 aromatic heterocycles. The van der Waals surface area contributed by atoms with Gasteiger partial charge in [0.15, 0.2) is 23.3 Å². The van der Waals surface area contributed by atoms with Crippen LogP contribution in [0.25, 0.3) is 0 Å². The Labute approximate surface area is 153 Å². The molecule has 4 bridgehead atoms. The maximum absolute atomic E-state index is 13.6. The molecule has 0 aliphatic heterocycles. The van der Waals surface area contributed by atoms with Crippen LogP contribution in [0.2, 0.25) is 0 Å². The Morgan fingerprint density at radius 1 is 0.889 bits per heavy atom. The molecule has 5 rings (SSSR count). The van der Waals surface area contributed by atoms with Gasteiger partial charge in [-0.1, -0.05) is 0 Å². The number of benzene rings is 1. The minimum absolute atomic E-state index is 0.0527. The second-order valence-electron chi connectivity index (χ2n) is 8.44. The number of hydrazine groups is 1. The fourth-order valence-electron chi connectivity index (χ4n) is 5.82. The van der Waals surface area contributed by atoms with Crippen LogP contribution in [0.3, 0.4) is 0 Å². The molecule has 0 radical (unpaired) electrons. The summed E-state index contributed by atoms with van der Waals surface area (Å²) in [7, 11) is 0. The van der Waals surface area contributed by atoms with Gasteiger partial charge in [-0.3, -0.25) is 20.4 Å². The normalized spacial score (nSPS) is 31.0. The average Bonchev–Trinajstić information content (AvgIpc) is 2.59. The second-order valence-corrected chi connectivity index (χ2v) is 8.44. The number of rotatable bonds is 3. The summed E-state index contributed by atoms with van der Waals surface area (Å²) in [6.45, 7) is 0. The van der Waals surface area contributed by atoms with Crippen LogP contribution in [0.5, 0.6) is 0 Å². The zero-order chi connectivity index (χ0) is 19.3. The van der Waals surface area contributed by atoms with E-state index in [1.165, 1.54) is 19.3 Å². The van der Waals surface area contributed by atoms with Crippen molar-refractivity contribution in [2.45, 2.75) is 44.9 Å². The SMILES string of the molecule is O=C(CC12CC3CC(CC(C3)C1)C2)NNC(=O)c1cc(F)c(F)c(F)c1F. The molecule has 0 spiro atoms. The van der Waals surface area contributed by atoms with Crippen LogP contribution in [0, 0.1) is 46.4 Å². The maximum Gasteiger partial charge on any atom is 0.272 e. The Morgan fingerprint density at radius 2 is 1.44 bits per heavy atom. The fourth-order valence-corrected chi connectivity index (χ4v) is 5.82. The molecule has 146 valence electrons. The van der Waals surface area contributed by atoms with Gasteiger partial charge in [0, 0.05) is 6.42 Å². The van der Waals surface area contributed by atoms with Gasteiger partial charge in [0.1, 0.15) is 0 Å². The zero-order valence-corrected chi connectivity index (χ0v) is 14.6.